The van der Waals surface area contributed by atoms with E-state index in [-0.39, 0.29) is 16.7 Å². The van der Waals surface area contributed by atoms with Crippen molar-refractivity contribution in [2.45, 2.75) is 12.2 Å². The maximum absolute atomic E-state index is 13.2. The van der Waals surface area contributed by atoms with Crippen LogP contribution in [-0.2, 0) is 4.79 Å². The fraction of sp³-hybridized carbons (Fsp3) is 0.364. The van der Waals surface area contributed by atoms with Crippen molar-refractivity contribution in [2.75, 3.05) is 17.6 Å². The maximum Gasteiger partial charge on any atom is 0.234 e. The lowest BCUT2D eigenvalue weighted by Crippen LogP contribution is -2.20. The van der Waals surface area contributed by atoms with Crippen LogP contribution in [0.5, 0.6) is 0 Å². The van der Waals surface area contributed by atoms with Crippen LogP contribution in [0.15, 0.2) is 12.1 Å². The molecule has 0 aliphatic heterocycles. The summed E-state index contributed by atoms with van der Waals surface area (Å²) in [6.45, 7) is 2.26. The highest BCUT2D eigenvalue weighted by atomic mass is 32.2. The molecule has 1 rings (SSSR count). The molecule has 7 heteroatoms. The number of halogens is 3. The Morgan fingerprint density at radius 1 is 1.39 bits per heavy atom. The number of benzene rings is 1. The van der Waals surface area contributed by atoms with E-state index in [9.17, 15) is 18.0 Å². The van der Waals surface area contributed by atoms with Crippen molar-refractivity contribution in [1.29, 1.82) is 0 Å². The summed E-state index contributed by atoms with van der Waals surface area (Å²) < 4.78 is 38.8. The van der Waals surface area contributed by atoms with E-state index in [4.69, 9.17) is 5.73 Å². The van der Waals surface area contributed by atoms with E-state index in [0.717, 1.165) is 12.1 Å². The first-order valence-corrected chi connectivity index (χ1v) is 6.25. The van der Waals surface area contributed by atoms with Gasteiger partial charge in [-0.3, -0.25) is 4.79 Å². The van der Waals surface area contributed by atoms with Gasteiger partial charge >= 0.3 is 0 Å². The van der Waals surface area contributed by atoms with Gasteiger partial charge in [0.05, 0.1) is 11.4 Å². The van der Waals surface area contributed by atoms with Crippen molar-refractivity contribution in [3.63, 3.8) is 0 Å². The SMILES string of the molecule is CC(CN)SCC(=O)Nc1ccc(F)c(F)c1F. The Balaban J connectivity index is 2.63. The molecule has 0 heterocycles. The monoisotopic (exact) mass is 278 g/mol. The van der Waals surface area contributed by atoms with Gasteiger partial charge in [-0.1, -0.05) is 6.92 Å². The van der Waals surface area contributed by atoms with Crippen LogP contribution in [0.1, 0.15) is 6.92 Å². The molecule has 0 aliphatic rings. The van der Waals surface area contributed by atoms with Crippen LogP contribution in [0.2, 0.25) is 0 Å². The Morgan fingerprint density at radius 2 is 2.06 bits per heavy atom. The molecule has 0 radical (unpaired) electrons. The minimum atomic E-state index is -1.60. The third-order valence-electron chi connectivity index (χ3n) is 2.14. The lowest BCUT2D eigenvalue weighted by atomic mass is 10.3. The molecule has 0 saturated carbocycles. The number of anilines is 1. The van der Waals surface area contributed by atoms with E-state index in [2.05, 4.69) is 5.32 Å². The van der Waals surface area contributed by atoms with Crippen molar-refractivity contribution in [3.8, 4) is 0 Å². The molecule has 1 unspecified atom stereocenters. The number of nitrogens with two attached hydrogens (primary N) is 1. The van der Waals surface area contributed by atoms with Crippen LogP contribution < -0.4 is 11.1 Å². The highest BCUT2D eigenvalue weighted by Crippen LogP contribution is 2.20. The van der Waals surface area contributed by atoms with Crippen LogP contribution in [0.25, 0.3) is 0 Å². The number of hydrogen-bond acceptors (Lipinski definition) is 3. The molecule has 1 aromatic carbocycles. The molecular formula is C11H13F3N2OS. The van der Waals surface area contributed by atoms with Crippen molar-refractivity contribution >= 4 is 23.4 Å². The summed E-state index contributed by atoms with van der Waals surface area (Å²) in [5.41, 5.74) is 4.99. The lowest BCUT2D eigenvalue weighted by molar-refractivity contribution is -0.113. The number of carbonyl (C=O) groups excluding carboxylic acids is 1. The van der Waals surface area contributed by atoms with E-state index in [0.29, 0.717) is 6.54 Å². The quantitative estimate of drug-likeness (QED) is 0.811. The summed E-state index contributed by atoms with van der Waals surface area (Å²) in [6.07, 6.45) is 0. The van der Waals surface area contributed by atoms with E-state index in [1.165, 1.54) is 11.8 Å². The number of carbonyl (C=O) groups is 1. The summed E-state index contributed by atoms with van der Waals surface area (Å²) in [5.74, 6) is -4.73. The zero-order valence-corrected chi connectivity index (χ0v) is 10.5. The largest absolute Gasteiger partial charge is 0.329 e. The average Bonchev–Trinajstić information content (AvgIpc) is 2.36. The Bertz CT molecular complexity index is 443. The molecule has 18 heavy (non-hydrogen) atoms. The topological polar surface area (TPSA) is 55.1 Å². The summed E-state index contributed by atoms with van der Waals surface area (Å²) in [6, 6.07) is 1.73. The molecule has 0 spiro atoms. The van der Waals surface area contributed by atoms with Crippen molar-refractivity contribution < 1.29 is 18.0 Å². The molecule has 3 nitrogen and oxygen atoms in total. The van der Waals surface area contributed by atoms with Gasteiger partial charge in [0.2, 0.25) is 5.91 Å². The normalized spacial score (nSPS) is 12.3. The minimum Gasteiger partial charge on any atom is -0.329 e. The van der Waals surface area contributed by atoms with Gasteiger partial charge in [0.1, 0.15) is 0 Å². The second-order valence-electron chi connectivity index (χ2n) is 3.63. The van der Waals surface area contributed by atoms with E-state index < -0.39 is 23.4 Å². The van der Waals surface area contributed by atoms with Crippen LogP contribution >= 0.6 is 11.8 Å². The predicted octanol–water partition coefficient (Wildman–Crippen LogP) is 2.12. The number of rotatable bonds is 5. The zero-order valence-electron chi connectivity index (χ0n) is 9.67. The van der Waals surface area contributed by atoms with Crippen LogP contribution in [0, 0.1) is 17.5 Å². The molecule has 1 amide bonds. The standard InChI is InChI=1S/C11H13F3N2OS/c1-6(4-15)18-5-9(17)16-8-3-2-7(12)10(13)11(8)14/h2-3,6H,4-5,15H2,1H3,(H,16,17). The molecule has 0 aromatic heterocycles. The molecule has 1 aromatic rings. The molecule has 100 valence electrons. The summed E-state index contributed by atoms with van der Waals surface area (Å²) in [7, 11) is 0. The van der Waals surface area contributed by atoms with Gasteiger partial charge < -0.3 is 11.1 Å². The number of nitrogens with one attached hydrogen (secondary N) is 1. The summed E-state index contributed by atoms with van der Waals surface area (Å²) in [5, 5.41) is 2.26. The van der Waals surface area contributed by atoms with Crippen LogP contribution in [-0.4, -0.2) is 23.5 Å². The van der Waals surface area contributed by atoms with Crippen LogP contribution in [0.4, 0.5) is 18.9 Å². The van der Waals surface area contributed by atoms with Gasteiger partial charge in [0.25, 0.3) is 0 Å². The molecule has 0 aliphatic carbocycles. The second-order valence-corrected chi connectivity index (χ2v) is 5.06. The first-order chi connectivity index (χ1) is 8.45. The molecule has 1 atom stereocenters. The van der Waals surface area contributed by atoms with E-state index in [1.54, 1.807) is 0 Å². The first kappa shape index (κ1) is 14.8. The third-order valence-corrected chi connectivity index (χ3v) is 3.33. The van der Waals surface area contributed by atoms with Crippen molar-refractivity contribution in [1.82, 2.24) is 0 Å². The van der Waals surface area contributed by atoms with Gasteiger partial charge in [0, 0.05) is 11.8 Å². The average molecular weight is 278 g/mol. The maximum atomic E-state index is 13.2. The Morgan fingerprint density at radius 3 is 2.67 bits per heavy atom. The van der Waals surface area contributed by atoms with Crippen molar-refractivity contribution in [2.24, 2.45) is 5.73 Å². The van der Waals surface area contributed by atoms with E-state index in [1.807, 2.05) is 6.92 Å². The first-order valence-electron chi connectivity index (χ1n) is 5.20. The minimum absolute atomic E-state index is 0.0663. The fourth-order valence-corrected chi connectivity index (χ4v) is 1.74. The van der Waals surface area contributed by atoms with Crippen LogP contribution in [0.3, 0.4) is 0 Å². The van der Waals surface area contributed by atoms with E-state index >= 15 is 0 Å². The number of amides is 1. The third kappa shape index (κ3) is 3.92. The highest BCUT2D eigenvalue weighted by Gasteiger charge is 2.15. The number of thioether (sulfide) groups is 1. The van der Waals surface area contributed by atoms with Crippen molar-refractivity contribution in [3.05, 3.63) is 29.6 Å². The predicted molar refractivity (Wildman–Crippen MR) is 65.9 cm³/mol. The van der Waals surface area contributed by atoms with Gasteiger partial charge in [-0.25, -0.2) is 13.2 Å². The molecule has 0 saturated heterocycles. The zero-order chi connectivity index (χ0) is 13.7. The Hall–Kier alpha value is -1.21. The number of hydrogen-bond donors (Lipinski definition) is 2. The summed E-state index contributed by atoms with van der Waals surface area (Å²) >= 11 is 1.29. The smallest absolute Gasteiger partial charge is 0.234 e. The second kappa shape index (κ2) is 6.65. The highest BCUT2D eigenvalue weighted by molar-refractivity contribution is 8.00. The van der Waals surface area contributed by atoms with Gasteiger partial charge in [-0.05, 0) is 12.1 Å². The molecular weight excluding hydrogens is 265 g/mol. The van der Waals surface area contributed by atoms with Gasteiger partial charge in [0.15, 0.2) is 17.5 Å². The van der Waals surface area contributed by atoms with Gasteiger partial charge in [-0.15, -0.1) is 11.8 Å². The Labute approximate surface area is 107 Å². The molecule has 3 N–H and O–H groups in total. The molecule has 0 bridgehead atoms. The molecule has 0 fully saturated rings. The summed E-state index contributed by atoms with van der Waals surface area (Å²) in [4.78, 5) is 11.4. The van der Waals surface area contributed by atoms with Gasteiger partial charge in [-0.2, -0.15) is 0 Å². The fourth-order valence-electron chi connectivity index (χ4n) is 1.09. The lowest BCUT2D eigenvalue weighted by Gasteiger charge is -2.09. The Kier molecular flexibility index (Phi) is 5.49.